The van der Waals surface area contributed by atoms with E-state index in [1.165, 1.54) is 25.3 Å². The number of rotatable bonds is 3. The molecule has 0 spiro atoms. The fraction of sp³-hybridized carbons (Fsp3) is 0.400. The van der Waals surface area contributed by atoms with E-state index in [0.717, 1.165) is 29.9 Å². The van der Waals surface area contributed by atoms with Crippen molar-refractivity contribution in [2.45, 2.75) is 26.2 Å². The number of hydrogen-bond donors (Lipinski definition) is 1. The number of nitrogens with zero attached hydrogens (tertiary/aromatic N) is 1. The maximum atomic E-state index is 10.6. The normalized spacial score (nSPS) is 16.2. The minimum absolute atomic E-state index is 0.902. The van der Waals surface area contributed by atoms with Gasteiger partial charge in [0.25, 0.3) is 0 Å². The van der Waals surface area contributed by atoms with Crippen molar-refractivity contribution in [3.8, 4) is 0 Å². The van der Waals surface area contributed by atoms with Crippen molar-refractivity contribution < 1.29 is 9.90 Å². The summed E-state index contributed by atoms with van der Waals surface area (Å²) in [7, 11) is 0. The molecular formula is C15H19NO2. The number of aryl methyl sites for hydroxylation is 1. The van der Waals surface area contributed by atoms with E-state index in [4.69, 9.17) is 5.11 Å². The Kier molecular flexibility index (Phi) is 4.03. The molecule has 0 atom stereocenters. The molecule has 0 amide bonds. The van der Waals surface area contributed by atoms with Gasteiger partial charge in [-0.25, -0.2) is 4.79 Å². The predicted octanol–water partition coefficient (Wildman–Crippen LogP) is 3.08. The van der Waals surface area contributed by atoms with Gasteiger partial charge < -0.3 is 10.0 Å². The van der Waals surface area contributed by atoms with E-state index in [1.54, 1.807) is 6.08 Å². The molecule has 3 heteroatoms. The molecule has 1 fully saturated rings. The minimum Gasteiger partial charge on any atom is -0.478 e. The van der Waals surface area contributed by atoms with Crippen molar-refractivity contribution in [1.29, 1.82) is 0 Å². The molecule has 18 heavy (non-hydrogen) atoms. The van der Waals surface area contributed by atoms with Crippen LogP contribution in [-0.2, 0) is 4.79 Å². The van der Waals surface area contributed by atoms with Crippen molar-refractivity contribution in [3.05, 3.63) is 35.4 Å². The number of benzene rings is 1. The highest BCUT2D eigenvalue weighted by molar-refractivity contribution is 5.87. The first-order chi connectivity index (χ1) is 8.66. The third-order valence-corrected chi connectivity index (χ3v) is 3.29. The quantitative estimate of drug-likeness (QED) is 0.832. The lowest BCUT2D eigenvalue weighted by molar-refractivity contribution is -0.131. The average Bonchev–Trinajstić information content (AvgIpc) is 2.37. The van der Waals surface area contributed by atoms with Crippen molar-refractivity contribution >= 4 is 17.7 Å². The molecule has 0 aliphatic carbocycles. The number of hydrogen-bond acceptors (Lipinski definition) is 2. The number of aliphatic carboxylic acids is 1. The van der Waals surface area contributed by atoms with E-state index in [-0.39, 0.29) is 0 Å². The van der Waals surface area contributed by atoms with Crippen LogP contribution in [-0.4, -0.2) is 24.2 Å². The Labute approximate surface area is 108 Å². The topological polar surface area (TPSA) is 40.5 Å². The lowest BCUT2D eigenvalue weighted by Crippen LogP contribution is -2.29. The summed E-state index contributed by atoms with van der Waals surface area (Å²) < 4.78 is 0. The van der Waals surface area contributed by atoms with E-state index in [9.17, 15) is 4.79 Å². The maximum absolute atomic E-state index is 10.6. The Morgan fingerprint density at radius 3 is 2.67 bits per heavy atom. The van der Waals surface area contributed by atoms with Crippen molar-refractivity contribution in [3.63, 3.8) is 0 Å². The standard InChI is InChI=1S/C15H19NO2/c1-12-5-7-14(16-9-3-2-4-10-16)13(11-12)6-8-15(17)18/h5-8,11H,2-4,9-10H2,1H3,(H,17,18)/b8-6+. The molecule has 1 aromatic rings. The second-order valence-electron chi connectivity index (χ2n) is 4.78. The minimum atomic E-state index is -0.902. The molecule has 1 saturated heterocycles. The average molecular weight is 245 g/mol. The molecule has 0 unspecified atom stereocenters. The summed E-state index contributed by atoms with van der Waals surface area (Å²) in [5.41, 5.74) is 3.30. The third kappa shape index (κ3) is 3.13. The Morgan fingerprint density at radius 2 is 2.00 bits per heavy atom. The first-order valence-corrected chi connectivity index (χ1v) is 6.43. The molecule has 1 aromatic carbocycles. The zero-order valence-corrected chi connectivity index (χ0v) is 10.7. The zero-order valence-electron chi connectivity index (χ0n) is 10.7. The van der Waals surface area contributed by atoms with Crippen molar-refractivity contribution in [2.24, 2.45) is 0 Å². The summed E-state index contributed by atoms with van der Waals surface area (Å²) in [6.45, 7) is 4.16. The first kappa shape index (κ1) is 12.7. The Bertz CT molecular complexity index is 460. The third-order valence-electron chi connectivity index (χ3n) is 3.29. The number of carbonyl (C=O) groups is 1. The zero-order chi connectivity index (χ0) is 13.0. The van der Waals surface area contributed by atoms with E-state index in [0.29, 0.717) is 0 Å². The largest absolute Gasteiger partial charge is 0.478 e. The fourth-order valence-electron chi connectivity index (χ4n) is 2.39. The summed E-state index contributed by atoms with van der Waals surface area (Å²) in [6, 6.07) is 6.23. The molecule has 96 valence electrons. The fourth-order valence-corrected chi connectivity index (χ4v) is 2.39. The van der Waals surface area contributed by atoms with Gasteiger partial charge in [-0.1, -0.05) is 11.6 Å². The number of piperidine rings is 1. The summed E-state index contributed by atoms with van der Waals surface area (Å²) in [5, 5.41) is 8.74. The van der Waals surface area contributed by atoms with Crippen LogP contribution in [0, 0.1) is 6.92 Å². The summed E-state index contributed by atoms with van der Waals surface area (Å²) in [4.78, 5) is 13.0. The van der Waals surface area contributed by atoms with Gasteiger partial charge in [-0.15, -0.1) is 0 Å². The van der Waals surface area contributed by atoms with Gasteiger partial charge in [0.2, 0.25) is 0 Å². The van der Waals surface area contributed by atoms with Gasteiger partial charge >= 0.3 is 5.97 Å². The van der Waals surface area contributed by atoms with Gasteiger partial charge in [0.05, 0.1) is 0 Å². The van der Waals surface area contributed by atoms with Crippen LogP contribution in [0.2, 0.25) is 0 Å². The van der Waals surface area contributed by atoms with Gasteiger partial charge in [0.1, 0.15) is 0 Å². The molecule has 1 aliphatic rings. The van der Waals surface area contributed by atoms with Crippen LogP contribution in [0.3, 0.4) is 0 Å². The van der Waals surface area contributed by atoms with E-state index in [2.05, 4.69) is 17.0 Å². The number of anilines is 1. The number of carboxylic acid groups (broad SMARTS) is 1. The van der Waals surface area contributed by atoms with Crippen LogP contribution in [0.1, 0.15) is 30.4 Å². The van der Waals surface area contributed by atoms with Crippen LogP contribution >= 0.6 is 0 Å². The molecular weight excluding hydrogens is 226 g/mol. The van der Waals surface area contributed by atoms with E-state index >= 15 is 0 Å². The molecule has 0 radical (unpaired) electrons. The molecule has 3 nitrogen and oxygen atoms in total. The summed E-state index contributed by atoms with van der Waals surface area (Å²) in [5.74, 6) is -0.902. The molecule has 0 bridgehead atoms. The van der Waals surface area contributed by atoms with Crippen molar-refractivity contribution in [1.82, 2.24) is 0 Å². The highest BCUT2D eigenvalue weighted by atomic mass is 16.4. The first-order valence-electron chi connectivity index (χ1n) is 6.43. The summed E-state index contributed by atoms with van der Waals surface area (Å²) >= 11 is 0. The molecule has 0 aromatic heterocycles. The van der Waals surface area contributed by atoms with Gasteiger partial charge in [0, 0.05) is 24.9 Å². The Hall–Kier alpha value is -1.77. The predicted molar refractivity (Wildman–Crippen MR) is 73.9 cm³/mol. The summed E-state index contributed by atoms with van der Waals surface area (Å²) in [6.07, 6.45) is 6.63. The molecule has 1 heterocycles. The van der Waals surface area contributed by atoms with Gasteiger partial charge in [-0.3, -0.25) is 0 Å². The SMILES string of the molecule is Cc1ccc(N2CCCCC2)c(/C=C/C(=O)O)c1. The van der Waals surface area contributed by atoms with Crippen LogP contribution in [0.25, 0.3) is 6.08 Å². The smallest absolute Gasteiger partial charge is 0.328 e. The lowest BCUT2D eigenvalue weighted by Gasteiger charge is -2.30. The maximum Gasteiger partial charge on any atom is 0.328 e. The van der Waals surface area contributed by atoms with Gasteiger partial charge in [-0.2, -0.15) is 0 Å². The van der Waals surface area contributed by atoms with E-state index in [1.807, 2.05) is 13.0 Å². The van der Waals surface area contributed by atoms with Crippen LogP contribution in [0.5, 0.6) is 0 Å². The Balaban J connectivity index is 2.30. The second kappa shape index (κ2) is 5.71. The Morgan fingerprint density at radius 1 is 1.28 bits per heavy atom. The molecule has 0 saturated carbocycles. The molecule has 1 N–H and O–H groups in total. The van der Waals surface area contributed by atoms with Crippen molar-refractivity contribution in [2.75, 3.05) is 18.0 Å². The highest BCUT2D eigenvalue weighted by Crippen LogP contribution is 2.26. The molecule has 1 aliphatic heterocycles. The van der Waals surface area contributed by atoms with Crippen LogP contribution < -0.4 is 4.90 Å². The van der Waals surface area contributed by atoms with Gasteiger partial charge in [0.15, 0.2) is 0 Å². The van der Waals surface area contributed by atoms with E-state index < -0.39 is 5.97 Å². The van der Waals surface area contributed by atoms with Crippen LogP contribution in [0.4, 0.5) is 5.69 Å². The molecule has 2 rings (SSSR count). The van der Waals surface area contributed by atoms with Gasteiger partial charge in [-0.05, 0) is 50.0 Å². The van der Waals surface area contributed by atoms with Crippen LogP contribution in [0.15, 0.2) is 24.3 Å². The number of carboxylic acids is 1. The monoisotopic (exact) mass is 245 g/mol. The highest BCUT2D eigenvalue weighted by Gasteiger charge is 2.13. The second-order valence-corrected chi connectivity index (χ2v) is 4.78. The lowest BCUT2D eigenvalue weighted by atomic mass is 10.0.